The first-order valence-corrected chi connectivity index (χ1v) is 15.7. The van der Waals surface area contributed by atoms with E-state index in [1.165, 1.54) is 77.2 Å². The minimum atomic E-state index is 1.23. The van der Waals surface area contributed by atoms with Gasteiger partial charge in [-0.2, -0.15) is 0 Å². The first kappa shape index (κ1) is 28.9. The molecule has 44 heavy (non-hydrogen) atoms. The van der Waals surface area contributed by atoms with E-state index < -0.39 is 0 Å². The third-order valence-electron chi connectivity index (χ3n) is 8.32. The summed E-state index contributed by atoms with van der Waals surface area (Å²) < 4.78 is 0. The molecular formula is C44H38. The molecule has 0 saturated heterocycles. The number of hydrogen-bond acceptors (Lipinski definition) is 0. The molecule has 0 aliphatic carbocycles. The van der Waals surface area contributed by atoms with Gasteiger partial charge in [0, 0.05) is 0 Å². The van der Waals surface area contributed by atoms with Crippen molar-refractivity contribution in [2.75, 3.05) is 0 Å². The summed E-state index contributed by atoms with van der Waals surface area (Å²) in [5.41, 5.74) is 12.5. The van der Waals surface area contributed by atoms with E-state index in [1.54, 1.807) is 0 Å². The molecule has 0 fully saturated rings. The first-order chi connectivity index (χ1) is 21.7. The molecule has 0 heterocycles. The van der Waals surface area contributed by atoms with Gasteiger partial charge in [0.2, 0.25) is 0 Å². The van der Waals surface area contributed by atoms with Gasteiger partial charge in [-0.05, 0) is 103 Å². The Kier molecular flexibility index (Phi) is 8.52. The van der Waals surface area contributed by atoms with E-state index in [-0.39, 0.29) is 0 Å². The Balaban J connectivity index is 0.00000168. The Morgan fingerprint density at radius 3 is 1.55 bits per heavy atom. The third-order valence-corrected chi connectivity index (χ3v) is 8.32. The van der Waals surface area contributed by atoms with Crippen molar-refractivity contribution >= 4 is 27.6 Å². The molecule has 0 saturated carbocycles. The van der Waals surface area contributed by atoms with Gasteiger partial charge < -0.3 is 0 Å². The summed E-state index contributed by atoms with van der Waals surface area (Å²) in [6.07, 6.45) is 4.30. The van der Waals surface area contributed by atoms with Crippen LogP contribution in [0.1, 0.15) is 31.9 Å². The van der Waals surface area contributed by atoms with Gasteiger partial charge >= 0.3 is 0 Å². The summed E-state index contributed by atoms with van der Waals surface area (Å²) in [5, 5.41) is 5.07. The Morgan fingerprint density at radius 1 is 0.409 bits per heavy atom. The van der Waals surface area contributed by atoms with Crippen LogP contribution in [-0.2, 0) is 0 Å². The molecule has 7 aromatic carbocycles. The zero-order valence-electron chi connectivity index (χ0n) is 26.0. The quantitative estimate of drug-likeness (QED) is 0.182. The minimum absolute atomic E-state index is 1.23. The summed E-state index contributed by atoms with van der Waals surface area (Å²) in [7, 11) is 0. The molecule has 214 valence electrons. The maximum atomic E-state index is 2.36. The van der Waals surface area contributed by atoms with E-state index >= 15 is 0 Å². The second kappa shape index (κ2) is 13.0. The topological polar surface area (TPSA) is 0 Å². The molecule has 0 spiro atoms. The summed E-state index contributed by atoms with van der Waals surface area (Å²) in [4.78, 5) is 0. The number of hydrogen-bond donors (Lipinski definition) is 0. The second-order valence-corrected chi connectivity index (χ2v) is 10.9. The lowest BCUT2D eigenvalue weighted by atomic mass is 9.83. The van der Waals surface area contributed by atoms with Gasteiger partial charge in [0.05, 0.1) is 0 Å². The largest absolute Gasteiger partial charge is 0.0871 e. The van der Waals surface area contributed by atoms with Gasteiger partial charge in [0.1, 0.15) is 0 Å². The van der Waals surface area contributed by atoms with Crippen molar-refractivity contribution in [1.82, 2.24) is 0 Å². The van der Waals surface area contributed by atoms with Crippen LogP contribution in [0.25, 0.3) is 72.1 Å². The molecular weight excluding hydrogens is 528 g/mol. The van der Waals surface area contributed by atoms with Gasteiger partial charge in [-0.1, -0.05) is 159 Å². The van der Waals surface area contributed by atoms with Crippen molar-refractivity contribution in [2.45, 2.75) is 27.7 Å². The highest BCUT2D eigenvalue weighted by Gasteiger charge is 2.19. The average molecular weight is 567 g/mol. The van der Waals surface area contributed by atoms with Crippen LogP contribution in [0, 0.1) is 6.92 Å². The zero-order valence-corrected chi connectivity index (χ0v) is 26.0. The monoisotopic (exact) mass is 566 g/mol. The summed E-state index contributed by atoms with van der Waals surface area (Å²) >= 11 is 0. The maximum absolute atomic E-state index is 2.36. The lowest BCUT2D eigenvalue weighted by Crippen LogP contribution is -1.93. The summed E-state index contributed by atoms with van der Waals surface area (Å²) in [6, 6.07) is 53.2. The van der Waals surface area contributed by atoms with Crippen LogP contribution < -0.4 is 0 Å². The lowest BCUT2D eigenvalue weighted by molar-refractivity contribution is 1.44. The maximum Gasteiger partial charge on any atom is -0.00201 e. The van der Waals surface area contributed by atoms with Gasteiger partial charge in [-0.15, -0.1) is 0 Å². The predicted molar refractivity (Wildman–Crippen MR) is 194 cm³/mol. The smallest absolute Gasteiger partial charge is 0.00201 e. The van der Waals surface area contributed by atoms with Crippen LogP contribution in [0.4, 0.5) is 0 Å². The van der Waals surface area contributed by atoms with Crippen molar-refractivity contribution in [3.63, 3.8) is 0 Å². The van der Waals surface area contributed by atoms with E-state index in [2.05, 4.69) is 172 Å². The molecule has 7 aromatic rings. The van der Waals surface area contributed by atoms with Crippen LogP contribution in [0.5, 0.6) is 0 Å². The molecule has 0 heteroatoms. The molecule has 0 aromatic heterocycles. The molecule has 0 nitrogen and oxygen atoms in total. The molecule has 0 aliphatic heterocycles. The van der Waals surface area contributed by atoms with Gasteiger partial charge in [0.25, 0.3) is 0 Å². The number of allylic oxidation sites excluding steroid dienone is 1. The third kappa shape index (κ3) is 5.36. The van der Waals surface area contributed by atoms with E-state index in [0.717, 1.165) is 0 Å². The fraction of sp³-hybridized carbons (Fsp3) is 0.0909. The molecule has 7 rings (SSSR count). The predicted octanol–water partition coefficient (Wildman–Crippen LogP) is 13.0. The molecule has 0 aliphatic rings. The van der Waals surface area contributed by atoms with E-state index in [9.17, 15) is 0 Å². The minimum Gasteiger partial charge on any atom is -0.0871 e. The van der Waals surface area contributed by atoms with Crippen LogP contribution in [0.3, 0.4) is 0 Å². The van der Waals surface area contributed by atoms with Crippen molar-refractivity contribution in [3.05, 3.63) is 163 Å². The van der Waals surface area contributed by atoms with Crippen LogP contribution in [0.15, 0.2) is 152 Å². The van der Waals surface area contributed by atoms with E-state index in [4.69, 9.17) is 0 Å². The van der Waals surface area contributed by atoms with Crippen LogP contribution in [0.2, 0.25) is 0 Å². The SMILES string of the molecule is C/C=C\c1cc(-c2cccc(-c3c4ccccc4c(-c4ccccc4-c4ccccc4)c4ccccc34)c2)ccc1C.CC. The van der Waals surface area contributed by atoms with Crippen molar-refractivity contribution in [1.29, 1.82) is 0 Å². The zero-order chi connectivity index (χ0) is 30.5. The van der Waals surface area contributed by atoms with E-state index in [1.807, 2.05) is 13.8 Å². The van der Waals surface area contributed by atoms with Gasteiger partial charge in [-0.3, -0.25) is 0 Å². The molecule has 0 unspecified atom stereocenters. The van der Waals surface area contributed by atoms with Gasteiger partial charge in [-0.25, -0.2) is 0 Å². The highest BCUT2D eigenvalue weighted by atomic mass is 14.2. The molecule has 0 N–H and O–H groups in total. The van der Waals surface area contributed by atoms with Crippen LogP contribution in [-0.4, -0.2) is 0 Å². The van der Waals surface area contributed by atoms with E-state index in [0.29, 0.717) is 0 Å². The first-order valence-electron chi connectivity index (χ1n) is 15.7. The van der Waals surface area contributed by atoms with Crippen LogP contribution >= 0.6 is 0 Å². The highest BCUT2D eigenvalue weighted by molar-refractivity contribution is 6.22. The lowest BCUT2D eigenvalue weighted by Gasteiger charge is -2.20. The fourth-order valence-corrected chi connectivity index (χ4v) is 6.33. The highest BCUT2D eigenvalue weighted by Crippen LogP contribution is 2.46. The van der Waals surface area contributed by atoms with Crippen molar-refractivity contribution in [2.24, 2.45) is 0 Å². The Hall–Kier alpha value is -5.20. The molecule has 0 amide bonds. The number of rotatable bonds is 5. The average Bonchev–Trinajstić information content (AvgIpc) is 3.09. The van der Waals surface area contributed by atoms with Gasteiger partial charge in [0.15, 0.2) is 0 Å². The normalized spacial score (nSPS) is 11.1. The number of aryl methyl sites for hydroxylation is 1. The Morgan fingerprint density at radius 2 is 0.909 bits per heavy atom. The Labute approximate surface area is 262 Å². The molecule has 0 atom stereocenters. The second-order valence-electron chi connectivity index (χ2n) is 10.9. The summed E-state index contributed by atoms with van der Waals surface area (Å²) in [5.74, 6) is 0. The number of fused-ring (bicyclic) bond motifs is 2. The molecule has 0 bridgehead atoms. The van der Waals surface area contributed by atoms with Crippen molar-refractivity contribution in [3.8, 4) is 44.5 Å². The summed E-state index contributed by atoms with van der Waals surface area (Å²) in [6.45, 7) is 8.25. The Bertz CT molecular complexity index is 2040. The fourth-order valence-electron chi connectivity index (χ4n) is 6.33. The number of benzene rings is 7. The standard InChI is InChI=1S/C42H32.C2H6/c1-3-14-31-27-33(26-25-29(31)2)32-17-13-18-34(28-32)41-37-21-9-11-23-39(37)42(40-24-12-10-22-38(40)41)36-20-8-7-19-35(36)30-15-5-4-6-16-30;1-2/h3-28H,1-2H3;1-2H3/b14-3-;. The molecule has 0 radical (unpaired) electrons. The van der Waals surface area contributed by atoms with Crippen molar-refractivity contribution < 1.29 is 0 Å².